The largest absolute Gasteiger partial charge is 0.507 e. The van der Waals surface area contributed by atoms with Gasteiger partial charge in [0.25, 0.3) is 0 Å². The number of aromatic nitrogens is 3. The molecule has 1 aromatic carbocycles. The van der Waals surface area contributed by atoms with E-state index in [1.807, 2.05) is 0 Å². The van der Waals surface area contributed by atoms with Gasteiger partial charge < -0.3 is 19.6 Å². The maximum absolute atomic E-state index is 9.97. The van der Waals surface area contributed by atoms with E-state index in [4.69, 9.17) is 4.74 Å². The summed E-state index contributed by atoms with van der Waals surface area (Å²) in [6, 6.07) is 4.97. The molecule has 2 aliphatic heterocycles. The minimum Gasteiger partial charge on any atom is -0.507 e. The lowest BCUT2D eigenvalue weighted by Gasteiger charge is -2.20. The maximum Gasteiger partial charge on any atom is 0.250 e. The Bertz CT molecular complexity index is 812. The molecule has 9 nitrogen and oxygen atoms in total. The molecule has 0 spiro atoms. The molecule has 0 radical (unpaired) electrons. The fraction of sp³-hybridized carbons (Fsp3) is 0.474. The quantitative estimate of drug-likeness (QED) is 0.579. The second kappa shape index (κ2) is 8.28. The normalized spacial score (nSPS) is 16.9. The smallest absolute Gasteiger partial charge is 0.250 e. The topological polar surface area (TPSA) is 99.0 Å². The highest BCUT2D eigenvalue weighted by atomic mass is 16.5. The minimum atomic E-state index is 0.123. The molecule has 2 aromatic rings. The van der Waals surface area contributed by atoms with Crippen LogP contribution in [-0.2, 0) is 0 Å². The third kappa shape index (κ3) is 4.08. The number of nitrogens with zero attached hydrogens (tertiary/aromatic N) is 6. The summed E-state index contributed by atoms with van der Waals surface area (Å²) in [5.74, 6) is 2.55. The fourth-order valence-electron chi connectivity index (χ4n) is 3.44. The SMILES string of the molecule is COc1ccc(O)c(/C=N\Nc2nc(N3CCCC3)nc(N3CCCC3)n2)c1. The van der Waals surface area contributed by atoms with Crippen molar-refractivity contribution < 1.29 is 9.84 Å². The van der Waals surface area contributed by atoms with Crippen LogP contribution in [0.15, 0.2) is 23.3 Å². The van der Waals surface area contributed by atoms with Gasteiger partial charge in [-0.05, 0) is 43.9 Å². The highest BCUT2D eigenvalue weighted by Crippen LogP contribution is 2.23. The summed E-state index contributed by atoms with van der Waals surface area (Å²) in [5.41, 5.74) is 3.43. The molecule has 1 aromatic heterocycles. The molecule has 0 saturated carbocycles. The van der Waals surface area contributed by atoms with E-state index in [1.54, 1.807) is 25.3 Å². The van der Waals surface area contributed by atoms with Crippen molar-refractivity contribution in [2.75, 3.05) is 48.5 Å². The number of hydrazone groups is 1. The highest BCUT2D eigenvalue weighted by molar-refractivity contribution is 5.84. The molecule has 9 heteroatoms. The minimum absolute atomic E-state index is 0.123. The van der Waals surface area contributed by atoms with Crippen molar-refractivity contribution in [1.82, 2.24) is 15.0 Å². The third-order valence-electron chi connectivity index (χ3n) is 4.99. The van der Waals surface area contributed by atoms with Crippen molar-refractivity contribution in [1.29, 1.82) is 0 Å². The Morgan fingerprint density at radius 3 is 2.18 bits per heavy atom. The van der Waals surface area contributed by atoms with Crippen molar-refractivity contribution in [2.24, 2.45) is 5.10 Å². The number of phenols is 1. The molecule has 3 heterocycles. The van der Waals surface area contributed by atoms with Crippen molar-refractivity contribution in [3.05, 3.63) is 23.8 Å². The lowest BCUT2D eigenvalue weighted by Crippen LogP contribution is -2.25. The number of hydrogen-bond acceptors (Lipinski definition) is 9. The number of rotatable bonds is 6. The van der Waals surface area contributed by atoms with E-state index < -0.39 is 0 Å². The predicted molar refractivity (Wildman–Crippen MR) is 109 cm³/mol. The molecule has 2 saturated heterocycles. The predicted octanol–water partition coefficient (Wildman–Crippen LogP) is 2.23. The summed E-state index contributed by atoms with van der Waals surface area (Å²) in [6.45, 7) is 3.85. The van der Waals surface area contributed by atoms with Crippen molar-refractivity contribution in [2.45, 2.75) is 25.7 Å². The van der Waals surface area contributed by atoms with Gasteiger partial charge in [0.15, 0.2) is 0 Å². The van der Waals surface area contributed by atoms with Gasteiger partial charge in [0, 0.05) is 31.7 Å². The van der Waals surface area contributed by atoms with E-state index in [9.17, 15) is 5.11 Å². The number of anilines is 3. The van der Waals surface area contributed by atoms with Gasteiger partial charge in [-0.2, -0.15) is 20.1 Å². The number of nitrogens with one attached hydrogen (secondary N) is 1. The van der Waals surface area contributed by atoms with Crippen LogP contribution < -0.4 is 20.0 Å². The van der Waals surface area contributed by atoms with Gasteiger partial charge in [-0.3, -0.25) is 0 Å². The van der Waals surface area contributed by atoms with Gasteiger partial charge in [0.1, 0.15) is 11.5 Å². The van der Waals surface area contributed by atoms with Crippen LogP contribution in [0.25, 0.3) is 0 Å². The molecule has 0 unspecified atom stereocenters. The zero-order valence-electron chi connectivity index (χ0n) is 16.0. The fourth-order valence-corrected chi connectivity index (χ4v) is 3.44. The first-order valence-electron chi connectivity index (χ1n) is 9.65. The average molecular weight is 383 g/mol. The molecular formula is C19H25N7O2. The first-order valence-corrected chi connectivity index (χ1v) is 9.65. The van der Waals surface area contributed by atoms with Gasteiger partial charge in [0.05, 0.1) is 13.3 Å². The molecule has 28 heavy (non-hydrogen) atoms. The molecule has 4 rings (SSSR count). The maximum atomic E-state index is 9.97. The van der Waals surface area contributed by atoms with Gasteiger partial charge in [-0.15, -0.1) is 0 Å². The molecule has 0 amide bonds. The number of hydrogen-bond donors (Lipinski definition) is 2. The Hall–Kier alpha value is -3.10. The molecule has 148 valence electrons. The van der Waals surface area contributed by atoms with Gasteiger partial charge >= 0.3 is 0 Å². The zero-order valence-corrected chi connectivity index (χ0v) is 16.0. The monoisotopic (exact) mass is 383 g/mol. The van der Waals surface area contributed by atoms with E-state index in [1.165, 1.54) is 6.21 Å². The van der Waals surface area contributed by atoms with Crippen LogP contribution in [0, 0.1) is 0 Å². The lowest BCUT2D eigenvalue weighted by molar-refractivity contribution is 0.412. The summed E-state index contributed by atoms with van der Waals surface area (Å²) in [4.78, 5) is 18.1. The van der Waals surface area contributed by atoms with Crippen LogP contribution >= 0.6 is 0 Å². The summed E-state index contributed by atoms with van der Waals surface area (Å²) in [7, 11) is 1.58. The third-order valence-corrected chi connectivity index (χ3v) is 4.99. The first kappa shape index (κ1) is 18.3. The van der Waals surface area contributed by atoms with Crippen LogP contribution in [0.4, 0.5) is 17.8 Å². The second-order valence-electron chi connectivity index (χ2n) is 6.94. The number of benzene rings is 1. The number of ether oxygens (including phenoxy) is 1. The molecule has 0 aliphatic carbocycles. The molecule has 0 atom stereocenters. The van der Waals surface area contributed by atoms with Crippen LogP contribution in [-0.4, -0.2) is 59.6 Å². The standard InChI is InChI=1S/C19H25N7O2/c1-28-15-6-7-16(27)14(12-15)13-20-24-17-21-18(25-8-2-3-9-25)23-19(22-17)26-10-4-5-11-26/h6-7,12-13,27H,2-5,8-11H2,1H3,(H,21,22,23,24)/b20-13-. The molecule has 2 aliphatic rings. The second-order valence-corrected chi connectivity index (χ2v) is 6.94. The number of aromatic hydroxyl groups is 1. The molecule has 0 bridgehead atoms. The van der Waals surface area contributed by atoms with Crippen molar-refractivity contribution >= 4 is 24.1 Å². The van der Waals surface area contributed by atoms with E-state index in [0.717, 1.165) is 51.9 Å². The Balaban J connectivity index is 1.56. The summed E-state index contributed by atoms with van der Waals surface area (Å²) < 4.78 is 5.18. The van der Waals surface area contributed by atoms with Gasteiger partial charge in [-0.1, -0.05) is 0 Å². The highest BCUT2D eigenvalue weighted by Gasteiger charge is 2.21. The Morgan fingerprint density at radius 2 is 1.61 bits per heavy atom. The van der Waals surface area contributed by atoms with Crippen LogP contribution in [0.2, 0.25) is 0 Å². The summed E-state index contributed by atoms with van der Waals surface area (Å²) in [5, 5.41) is 14.2. The van der Waals surface area contributed by atoms with E-state index in [0.29, 0.717) is 29.2 Å². The van der Waals surface area contributed by atoms with Gasteiger partial charge in [-0.25, -0.2) is 5.43 Å². The van der Waals surface area contributed by atoms with E-state index >= 15 is 0 Å². The number of methoxy groups -OCH3 is 1. The van der Waals surface area contributed by atoms with Gasteiger partial charge in [0.2, 0.25) is 17.8 Å². The zero-order chi connectivity index (χ0) is 19.3. The van der Waals surface area contributed by atoms with Crippen LogP contribution in [0.1, 0.15) is 31.2 Å². The van der Waals surface area contributed by atoms with Crippen LogP contribution in [0.5, 0.6) is 11.5 Å². The summed E-state index contributed by atoms with van der Waals surface area (Å²) in [6.07, 6.45) is 6.13. The Labute approximate surface area is 164 Å². The molecular weight excluding hydrogens is 358 g/mol. The van der Waals surface area contributed by atoms with Crippen LogP contribution in [0.3, 0.4) is 0 Å². The number of phenolic OH excluding ortho intramolecular Hbond substituents is 1. The Morgan fingerprint density at radius 1 is 1.00 bits per heavy atom. The average Bonchev–Trinajstić information content (AvgIpc) is 3.43. The molecule has 2 N–H and O–H groups in total. The Kier molecular flexibility index (Phi) is 5.41. The van der Waals surface area contributed by atoms with Crippen molar-refractivity contribution in [3.63, 3.8) is 0 Å². The van der Waals surface area contributed by atoms with Crippen molar-refractivity contribution in [3.8, 4) is 11.5 Å². The summed E-state index contributed by atoms with van der Waals surface area (Å²) >= 11 is 0. The molecule has 2 fully saturated rings. The van der Waals surface area contributed by atoms with E-state index in [2.05, 4.69) is 35.3 Å². The van der Waals surface area contributed by atoms with E-state index in [-0.39, 0.29) is 5.75 Å². The lowest BCUT2D eigenvalue weighted by atomic mass is 10.2. The first-order chi connectivity index (χ1) is 13.7.